The molecular formula is C13H11NS2. The SMILES string of the molecule is N=C=S.c1ccc(Sc2ccccc2)cc1. The third kappa shape index (κ3) is 4.89. The van der Waals surface area contributed by atoms with Crippen LogP contribution < -0.4 is 0 Å². The van der Waals surface area contributed by atoms with E-state index in [4.69, 9.17) is 5.41 Å². The Kier molecular flexibility index (Phi) is 6.19. The molecule has 1 N–H and O–H groups in total. The molecule has 2 rings (SSSR count). The van der Waals surface area contributed by atoms with Crippen molar-refractivity contribution < 1.29 is 0 Å². The van der Waals surface area contributed by atoms with E-state index >= 15 is 0 Å². The molecule has 0 spiro atoms. The van der Waals surface area contributed by atoms with Gasteiger partial charge < -0.3 is 0 Å². The lowest BCUT2D eigenvalue weighted by Crippen LogP contribution is -1.70. The molecule has 80 valence electrons. The number of rotatable bonds is 2. The largest absolute Gasteiger partial charge is 0.248 e. The normalized spacial score (nSPS) is 8.50. The highest BCUT2D eigenvalue weighted by molar-refractivity contribution is 7.99. The number of nitrogens with one attached hydrogen (secondary N) is 1. The maximum absolute atomic E-state index is 5.77. The summed E-state index contributed by atoms with van der Waals surface area (Å²) in [7, 11) is 0. The quantitative estimate of drug-likeness (QED) is 0.622. The van der Waals surface area contributed by atoms with E-state index in [1.165, 1.54) is 9.79 Å². The summed E-state index contributed by atoms with van der Waals surface area (Å²) in [6.45, 7) is 0. The predicted octanol–water partition coefficient (Wildman–Crippen LogP) is 4.51. The first-order chi connectivity index (χ1) is 7.86. The maximum atomic E-state index is 5.77. The molecule has 0 aliphatic carbocycles. The Morgan fingerprint density at radius 3 is 1.44 bits per heavy atom. The van der Waals surface area contributed by atoms with Gasteiger partial charge in [0.05, 0.1) is 5.16 Å². The minimum Gasteiger partial charge on any atom is -0.248 e. The molecule has 2 aromatic rings. The van der Waals surface area contributed by atoms with Gasteiger partial charge in [0, 0.05) is 9.79 Å². The van der Waals surface area contributed by atoms with E-state index in [0.29, 0.717) is 0 Å². The highest BCUT2D eigenvalue weighted by Crippen LogP contribution is 2.26. The molecule has 0 fully saturated rings. The molecule has 0 aliphatic heterocycles. The molecule has 0 amide bonds. The smallest absolute Gasteiger partial charge is 0.0554 e. The second kappa shape index (κ2) is 7.83. The highest BCUT2D eigenvalue weighted by atomic mass is 32.2. The summed E-state index contributed by atoms with van der Waals surface area (Å²) in [5.41, 5.74) is 0. The average molecular weight is 245 g/mol. The summed E-state index contributed by atoms with van der Waals surface area (Å²) in [5, 5.41) is 7.36. The van der Waals surface area contributed by atoms with E-state index in [1.807, 2.05) is 12.1 Å². The van der Waals surface area contributed by atoms with Crippen LogP contribution >= 0.6 is 24.0 Å². The molecule has 0 aliphatic rings. The van der Waals surface area contributed by atoms with Crippen molar-refractivity contribution in [1.29, 1.82) is 5.41 Å². The Hall–Kier alpha value is -1.41. The van der Waals surface area contributed by atoms with Crippen molar-refractivity contribution in [2.45, 2.75) is 9.79 Å². The lowest BCUT2D eigenvalue weighted by Gasteiger charge is -1.99. The molecule has 1 nitrogen and oxygen atoms in total. The van der Waals surface area contributed by atoms with Crippen LogP contribution in [0.15, 0.2) is 70.5 Å². The van der Waals surface area contributed by atoms with Crippen LogP contribution in [-0.4, -0.2) is 5.16 Å². The third-order valence-electron chi connectivity index (χ3n) is 1.72. The van der Waals surface area contributed by atoms with Crippen LogP contribution in [-0.2, 0) is 0 Å². The van der Waals surface area contributed by atoms with Gasteiger partial charge in [-0.05, 0) is 36.5 Å². The van der Waals surface area contributed by atoms with E-state index in [-0.39, 0.29) is 0 Å². The van der Waals surface area contributed by atoms with E-state index in [9.17, 15) is 0 Å². The topological polar surface area (TPSA) is 23.9 Å². The van der Waals surface area contributed by atoms with Crippen LogP contribution in [0.4, 0.5) is 0 Å². The van der Waals surface area contributed by atoms with Crippen molar-refractivity contribution in [1.82, 2.24) is 0 Å². The molecule has 0 bridgehead atoms. The van der Waals surface area contributed by atoms with Crippen molar-refractivity contribution in [3.05, 3.63) is 60.7 Å². The average Bonchev–Trinajstić information content (AvgIpc) is 2.33. The molecule has 0 radical (unpaired) electrons. The summed E-state index contributed by atoms with van der Waals surface area (Å²) in [5.74, 6) is 0. The zero-order valence-electron chi connectivity index (χ0n) is 8.59. The monoisotopic (exact) mass is 245 g/mol. The first-order valence-corrected chi connectivity index (χ1v) is 5.91. The fraction of sp³-hybridized carbons (Fsp3) is 0. The second-order valence-electron chi connectivity index (χ2n) is 2.83. The van der Waals surface area contributed by atoms with E-state index in [1.54, 1.807) is 16.9 Å². The van der Waals surface area contributed by atoms with Gasteiger partial charge in [-0.2, -0.15) is 0 Å². The van der Waals surface area contributed by atoms with Crippen LogP contribution in [0.3, 0.4) is 0 Å². The summed E-state index contributed by atoms with van der Waals surface area (Å²) >= 11 is 5.60. The van der Waals surface area contributed by atoms with Gasteiger partial charge in [0.25, 0.3) is 0 Å². The van der Waals surface area contributed by atoms with Crippen LogP contribution in [0, 0.1) is 5.41 Å². The zero-order chi connectivity index (χ0) is 11.6. The van der Waals surface area contributed by atoms with Gasteiger partial charge in [-0.3, -0.25) is 0 Å². The minimum absolute atomic E-state index is 1.29. The molecule has 0 saturated carbocycles. The van der Waals surface area contributed by atoms with Gasteiger partial charge in [-0.25, -0.2) is 5.41 Å². The van der Waals surface area contributed by atoms with Gasteiger partial charge in [0.1, 0.15) is 0 Å². The Morgan fingerprint density at radius 2 is 1.12 bits per heavy atom. The molecular weight excluding hydrogens is 234 g/mol. The third-order valence-corrected chi connectivity index (χ3v) is 2.74. The number of isothiocyanates is 1. The minimum atomic E-state index is 1.29. The lowest BCUT2D eigenvalue weighted by molar-refractivity contribution is 1.41. The Bertz CT molecular complexity index is 397. The van der Waals surface area contributed by atoms with Gasteiger partial charge in [-0.15, -0.1) is 0 Å². The number of hydrogen-bond donors (Lipinski definition) is 1. The van der Waals surface area contributed by atoms with E-state index in [2.05, 4.69) is 60.7 Å². The zero-order valence-corrected chi connectivity index (χ0v) is 10.2. The van der Waals surface area contributed by atoms with Gasteiger partial charge >= 0.3 is 0 Å². The van der Waals surface area contributed by atoms with Crippen LogP contribution in [0.2, 0.25) is 0 Å². The summed E-state index contributed by atoms with van der Waals surface area (Å²) < 4.78 is 0. The lowest BCUT2D eigenvalue weighted by atomic mass is 10.4. The molecule has 0 unspecified atom stereocenters. The molecule has 0 saturated heterocycles. The molecule has 0 aromatic heterocycles. The first kappa shape index (κ1) is 12.7. The van der Waals surface area contributed by atoms with Crippen molar-refractivity contribution in [2.75, 3.05) is 0 Å². The van der Waals surface area contributed by atoms with Gasteiger partial charge in [-0.1, -0.05) is 48.2 Å². The second-order valence-corrected chi connectivity index (χ2v) is 4.18. The molecule has 0 atom stereocenters. The van der Waals surface area contributed by atoms with Gasteiger partial charge in [0.2, 0.25) is 0 Å². The van der Waals surface area contributed by atoms with E-state index < -0.39 is 0 Å². The maximum Gasteiger partial charge on any atom is 0.0554 e. The summed E-state index contributed by atoms with van der Waals surface area (Å²) in [6, 6.07) is 20.8. The Labute approximate surface area is 105 Å². The first-order valence-electron chi connectivity index (χ1n) is 4.68. The molecule has 16 heavy (non-hydrogen) atoms. The number of benzene rings is 2. The van der Waals surface area contributed by atoms with E-state index in [0.717, 1.165) is 0 Å². The Morgan fingerprint density at radius 1 is 0.812 bits per heavy atom. The van der Waals surface area contributed by atoms with Crippen molar-refractivity contribution >= 4 is 29.1 Å². The van der Waals surface area contributed by atoms with Crippen molar-refractivity contribution in [3.8, 4) is 0 Å². The molecule has 0 heterocycles. The molecule has 2 aromatic carbocycles. The predicted molar refractivity (Wildman–Crippen MR) is 72.3 cm³/mol. The fourth-order valence-corrected chi connectivity index (χ4v) is 1.97. The Balaban J connectivity index is 0.000000386. The molecule has 3 heteroatoms. The van der Waals surface area contributed by atoms with Crippen molar-refractivity contribution in [3.63, 3.8) is 0 Å². The fourth-order valence-electron chi connectivity index (χ4n) is 1.11. The highest BCUT2D eigenvalue weighted by Gasteiger charge is 1.93. The van der Waals surface area contributed by atoms with Crippen molar-refractivity contribution in [2.24, 2.45) is 0 Å². The van der Waals surface area contributed by atoms with Crippen LogP contribution in [0.1, 0.15) is 0 Å². The summed E-state index contributed by atoms with van der Waals surface area (Å²) in [4.78, 5) is 2.57. The summed E-state index contributed by atoms with van der Waals surface area (Å²) in [6.07, 6.45) is 0. The van der Waals surface area contributed by atoms with Crippen LogP contribution in [0.5, 0.6) is 0 Å². The standard InChI is InChI=1S/C12H10S.CHNS/c1-3-7-11(8-4-1)13-12-9-5-2-6-10-12;2-1-3/h1-10H;2H. The number of thiocarbonyl (C=S) groups is 1. The van der Waals surface area contributed by atoms with Crippen LogP contribution in [0.25, 0.3) is 0 Å². The van der Waals surface area contributed by atoms with Gasteiger partial charge in [0.15, 0.2) is 0 Å². The number of hydrogen-bond acceptors (Lipinski definition) is 3.